The Morgan fingerprint density at radius 2 is 1.74 bits per heavy atom. The second-order valence-corrected chi connectivity index (χ2v) is 7.95. The third kappa shape index (κ3) is 5.60. The zero-order valence-electron chi connectivity index (χ0n) is 17.8. The lowest BCUT2D eigenvalue weighted by Gasteiger charge is -2.32. The molecule has 1 N–H and O–H groups in total. The van der Waals surface area contributed by atoms with E-state index >= 15 is 0 Å². The summed E-state index contributed by atoms with van der Waals surface area (Å²) in [6, 6.07) is 21.7. The van der Waals surface area contributed by atoms with E-state index in [9.17, 15) is 4.79 Å². The molecule has 0 bridgehead atoms. The van der Waals surface area contributed by atoms with E-state index in [1.165, 1.54) is 11.9 Å². The maximum absolute atomic E-state index is 12.7. The first-order valence-electron chi connectivity index (χ1n) is 10.8. The Labute approximate surface area is 183 Å². The molecule has 6 heteroatoms. The number of ether oxygens (including phenoxy) is 1. The lowest BCUT2D eigenvalue weighted by atomic mass is 9.95. The summed E-state index contributed by atoms with van der Waals surface area (Å²) >= 11 is 0. The van der Waals surface area contributed by atoms with Crippen LogP contribution in [0.4, 0.5) is 5.82 Å². The van der Waals surface area contributed by atoms with E-state index in [2.05, 4.69) is 39.2 Å². The molecule has 0 radical (unpaired) electrons. The molecular formula is C25H28N4O2. The highest BCUT2D eigenvalue weighted by atomic mass is 16.5. The highest BCUT2D eigenvalue weighted by Gasteiger charge is 2.26. The number of hydrogen-bond donors (Lipinski definition) is 1. The van der Waals surface area contributed by atoms with Crippen LogP contribution in [0.1, 0.15) is 31.2 Å². The van der Waals surface area contributed by atoms with E-state index in [-0.39, 0.29) is 11.8 Å². The van der Waals surface area contributed by atoms with Gasteiger partial charge in [-0.3, -0.25) is 4.79 Å². The molecule has 1 aliphatic rings. The molecule has 1 unspecified atom stereocenters. The summed E-state index contributed by atoms with van der Waals surface area (Å²) in [5, 5.41) is 3.14. The number of anilines is 1. The molecule has 160 valence electrons. The van der Waals surface area contributed by atoms with Crippen molar-refractivity contribution in [3.05, 3.63) is 78.6 Å². The van der Waals surface area contributed by atoms with Crippen molar-refractivity contribution in [1.29, 1.82) is 0 Å². The SMILES string of the molecule is CC(CNC(=O)C1CCN(c2cc(Oc3ccccc3)ncn2)CC1)c1ccccc1. The predicted octanol–water partition coefficient (Wildman–Crippen LogP) is 4.41. The van der Waals surface area contributed by atoms with E-state index in [1.807, 2.05) is 54.6 Å². The summed E-state index contributed by atoms with van der Waals surface area (Å²) < 4.78 is 5.82. The van der Waals surface area contributed by atoms with Crippen molar-refractivity contribution in [1.82, 2.24) is 15.3 Å². The van der Waals surface area contributed by atoms with Crippen LogP contribution in [-0.2, 0) is 4.79 Å². The van der Waals surface area contributed by atoms with Crippen LogP contribution in [0.5, 0.6) is 11.6 Å². The molecule has 4 rings (SSSR count). The molecule has 0 aliphatic carbocycles. The topological polar surface area (TPSA) is 67.4 Å². The van der Waals surface area contributed by atoms with Crippen molar-refractivity contribution >= 4 is 11.7 Å². The number of rotatable bonds is 7. The van der Waals surface area contributed by atoms with Crippen LogP contribution in [0.25, 0.3) is 0 Å². The lowest BCUT2D eigenvalue weighted by Crippen LogP contribution is -2.41. The van der Waals surface area contributed by atoms with Gasteiger partial charge in [0.25, 0.3) is 0 Å². The molecule has 0 saturated carbocycles. The van der Waals surface area contributed by atoms with Crippen LogP contribution in [0.2, 0.25) is 0 Å². The van der Waals surface area contributed by atoms with Crippen molar-refractivity contribution in [2.75, 3.05) is 24.5 Å². The average molecular weight is 417 g/mol. The quantitative estimate of drug-likeness (QED) is 0.618. The van der Waals surface area contributed by atoms with Crippen LogP contribution >= 0.6 is 0 Å². The maximum Gasteiger partial charge on any atom is 0.224 e. The number of nitrogens with one attached hydrogen (secondary N) is 1. The van der Waals surface area contributed by atoms with Crippen LogP contribution in [0, 0.1) is 5.92 Å². The van der Waals surface area contributed by atoms with Gasteiger partial charge in [-0.2, -0.15) is 0 Å². The van der Waals surface area contributed by atoms with Gasteiger partial charge < -0.3 is 15.0 Å². The number of nitrogens with zero attached hydrogens (tertiary/aromatic N) is 3. The van der Waals surface area contributed by atoms with Crippen molar-refractivity contribution in [3.8, 4) is 11.6 Å². The molecular weight excluding hydrogens is 388 g/mol. The van der Waals surface area contributed by atoms with Crippen molar-refractivity contribution in [3.63, 3.8) is 0 Å². The number of aromatic nitrogens is 2. The minimum absolute atomic E-state index is 0.0427. The van der Waals surface area contributed by atoms with E-state index in [0.29, 0.717) is 18.3 Å². The number of carbonyl (C=O) groups excluding carboxylic acids is 1. The summed E-state index contributed by atoms with van der Waals surface area (Å²) in [4.78, 5) is 23.5. The number of benzene rings is 2. The number of piperidine rings is 1. The molecule has 6 nitrogen and oxygen atoms in total. The Morgan fingerprint density at radius 3 is 2.45 bits per heavy atom. The van der Waals surface area contributed by atoms with Gasteiger partial charge in [-0.15, -0.1) is 0 Å². The highest BCUT2D eigenvalue weighted by Crippen LogP contribution is 2.26. The summed E-state index contributed by atoms with van der Waals surface area (Å²) in [6.07, 6.45) is 3.15. The second-order valence-electron chi connectivity index (χ2n) is 7.95. The number of carbonyl (C=O) groups is 1. The smallest absolute Gasteiger partial charge is 0.224 e. The Kier molecular flexibility index (Phi) is 6.77. The van der Waals surface area contributed by atoms with Crippen molar-refractivity contribution in [2.45, 2.75) is 25.7 Å². The molecule has 3 aromatic rings. The molecule has 1 amide bonds. The van der Waals surface area contributed by atoms with Gasteiger partial charge in [0.2, 0.25) is 11.8 Å². The normalized spacial score (nSPS) is 15.3. The Hall–Kier alpha value is -3.41. The van der Waals surface area contributed by atoms with Gasteiger partial charge >= 0.3 is 0 Å². The van der Waals surface area contributed by atoms with Gasteiger partial charge in [0, 0.05) is 31.6 Å². The largest absolute Gasteiger partial charge is 0.439 e. The molecule has 1 fully saturated rings. The van der Waals surface area contributed by atoms with Crippen LogP contribution in [-0.4, -0.2) is 35.5 Å². The summed E-state index contributed by atoms with van der Waals surface area (Å²) in [6.45, 7) is 4.37. The van der Waals surface area contributed by atoms with Crippen LogP contribution < -0.4 is 15.0 Å². The third-order valence-corrected chi connectivity index (χ3v) is 5.73. The standard InChI is InChI=1S/C25H28N4O2/c1-19(20-8-4-2-5-9-20)17-26-25(30)21-12-14-29(15-13-21)23-16-24(28-18-27-23)31-22-10-6-3-7-11-22/h2-11,16,18-19,21H,12-15,17H2,1H3,(H,26,30). The fraction of sp³-hybridized carbons (Fsp3) is 0.320. The molecule has 1 aromatic heterocycles. The van der Waals surface area contributed by atoms with E-state index in [0.717, 1.165) is 37.5 Å². The minimum atomic E-state index is 0.0427. The first-order chi connectivity index (χ1) is 15.2. The predicted molar refractivity (Wildman–Crippen MR) is 121 cm³/mol. The van der Waals surface area contributed by atoms with Gasteiger partial charge in [0.05, 0.1) is 0 Å². The third-order valence-electron chi connectivity index (χ3n) is 5.73. The van der Waals surface area contributed by atoms with Gasteiger partial charge in [-0.1, -0.05) is 55.5 Å². The highest BCUT2D eigenvalue weighted by molar-refractivity contribution is 5.79. The van der Waals surface area contributed by atoms with E-state index in [4.69, 9.17) is 4.74 Å². The fourth-order valence-electron chi connectivity index (χ4n) is 3.84. The molecule has 2 aromatic carbocycles. The minimum Gasteiger partial charge on any atom is -0.439 e. The number of para-hydroxylation sites is 1. The zero-order chi connectivity index (χ0) is 21.5. The molecule has 1 saturated heterocycles. The maximum atomic E-state index is 12.7. The molecule has 31 heavy (non-hydrogen) atoms. The van der Waals surface area contributed by atoms with Crippen LogP contribution in [0.15, 0.2) is 73.1 Å². The van der Waals surface area contributed by atoms with Gasteiger partial charge in [0.1, 0.15) is 17.9 Å². The summed E-state index contributed by atoms with van der Waals surface area (Å²) in [7, 11) is 0. The Balaban J connectivity index is 1.27. The average Bonchev–Trinajstić information content (AvgIpc) is 2.84. The fourth-order valence-corrected chi connectivity index (χ4v) is 3.84. The zero-order valence-corrected chi connectivity index (χ0v) is 17.8. The van der Waals surface area contributed by atoms with Crippen molar-refractivity contribution in [2.24, 2.45) is 5.92 Å². The van der Waals surface area contributed by atoms with E-state index < -0.39 is 0 Å². The molecule has 2 heterocycles. The first-order valence-corrected chi connectivity index (χ1v) is 10.8. The second kappa shape index (κ2) is 10.1. The number of amides is 1. The summed E-state index contributed by atoms with van der Waals surface area (Å²) in [5.74, 6) is 2.59. The monoisotopic (exact) mass is 416 g/mol. The Bertz CT molecular complexity index is 973. The van der Waals surface area contributed by atoms with Gasteiger partial charge in [-0.05, 0) is 36.5 Å². The van der Waals surface area contributed by atoms with E-state index in [1.54, 1.807) is 0 Å². The summed E-state index contributed by atoms with van der Waals surface area (Å²) in [5.41, 5.74) is 1.25. The lowest BCUT2D eigenvalue weighted by molar-refractivity contribution is -0.125. The van der Waals surface area contributed by atoms with Crippen molar-refractivity contribution < 1.29 is 9.53 Å². The van der Waals surface area contributed by atoms with Gasteiger partial charge in [0.15, 0.2) is 0 Å². The molecule has 1 atom stereocenters. The molecule has 0 spiro atoms. The first kappa shape index (κ1) is 20.8. The molecule has 1 aliphatic heterocycles. The number of hydrogen-bond acceptors (Lipinski definition) is 5. The Morgan fingerprint density at radius 1 is 1.06 bits per heavy atom. The van der Waals surface area contributed by atoms with Crippen LogP contribution in [0.3, 0.4) is 0 Å². The van der Waals surface area contributed by atoms with Gasteiger partial charge in [-0.25, -0.2) is 9.97 Å².